The van der Waals surface area contributed by atoms with Crippen LogP contribution in [0.3, 0.4) is 0 Å². The average molecular weight is 235 g/mol. The van der Waals surface area contributed by atoms with E-state index in [2.05, 4.69) is 17.4 Å². The van der Waals surface area contributed by atoms with Crippen molar-refractivity contribution < 1.29 is 9.47 Å². The van der Waals surface area contributed by atoms with Crippen molar-refractivity contribution in [2.45, 2.75) is 19.4 Å². The largest absolute Gasteiger partial charge is 0.494 e. The van der Waals surface area contributed by atoms with Gasteiger partial charge in [-0.05, 0) is 38.1 Å². The predicted molar refractivity (Wildman–Crippen MR) is 68.3 cm³/mol. The zero-order valence-electron chi connectivity index (χ0n) is 10.6. The van der Waals surface area contributed by atoms with Crippen LogP contribution in [-0.2, 0) is 4.74 Å². The molecule has 2 rings (SSSR count). The normalized spacial score (nSPS) is 23.9. The summed E-state index contributed by atoms with van der Waals surface area (Å²) in [6.07, 6.45) is 1.34. The molecule has 1 N–H and O–H groups in total. The molecule has 2 atom stereocenters. The molecular formula is C14H21NO2. The van der Waals surface area contributed by atoms with Crippen LogP contribution in [0.2, 0.25) is 0 Å². The molecule has 1 heterocycles. The molecule has 1 saturated heterocycles. The molecule has 0 aliphatic carbocycles. The van der Waals surface area contributed by atoms with Crippen LogP contribution in [0.15, 0.2) is 24.3 Å². The summed E-state index contributed by atoms with van der Waals surface area (Å²) >= 11 is 0. The number of rotatable bonds is 5. The smallest absolute Gasteiger partial charge is 0.119 e. The highest BCUT2D eigenvalue weighted by Gasteiger charge is 2.29. The van der Waals surface area contributed by atoms with Crippen LogP contribution in [0.5, 0.6) is 5.75 Å². The fraction of sp³-hybridized carbons (Fsp3) is 0.571. The summed E-state index contributed by atoms with van der Waals surface area (Å²) in [5, 5.41) is 3.24. The fourth-order valence-corrected chi connectivity index (χ4v) is 2.42. The van der Waals surface area contributed by atoms with Crippen LogP contribution in [0.4, 0.5) is 0 Å². The molecular weight excluding hydrogens is 214 g/mol. The molecule has 1 aromatic carbocycles. The quantitative estimate of drug-likeness (QED) is 0.850. The van der Waals surface area contributed by atoms with Gasteiger partial charge in [0.1, 0.15) is 5.75 Å². The molecule has 0 bridgehead atoms. The van der Waals surface area contributed by atoms with E-state index in [4.69, 9.17) is 9.47 Å². The summed E-state index contributed by atoms with van der Waals surface area (Å²) < 4.78 is 11.4. The van der Waals surface area contributed by atoms with Crippen LogP contribution in [0.1, 0.15) is 25.0 Å². The van der Waals surface area contributed by atoms with Crippen molar-refractivity contribution in [3.63, 3.8) is 0 Å². The topological polar surface area (TPSA) is 30.5 Å². The van der Waals surface area contributed by atoms with E-state index in [-0.39, 0.29) is 6.10 Å². The maximum absolute atomic E-state index is 5.84. The molecule has 0 saturated carbocycles. The van der Waals surface area contributed by atoms with Gasteiger partial charge in [0.25, 0.3) is 0 Å². The number of hydrogen-bond acceptors (Lipinski definition) is 3. The summed E-state index contributed by atoms with van der Waals surface area (Å²) in [6, 6.07) is 8.26. The minimum atomic E-state index is 0.211. The third-order valence-electron chi connectivity index (χ3n) is 3.18. The van der Waals surface area contributed by atoms with Gasteiger partial charge in [-0.3, -0.25) is 0 Å². The lowest BCUT2D eigenvalue weighted by molar-refractivity contribution is 0.0907. The van der Waals surface area contributed by atoms with Gasteiger partial charge in [-0.2, -0.15) is 0 Å². The van der Waals surface area contributed by atoms with Crippen molar-refractivity contribution in [2.75, 3.05) is 26.8 Å². The molecule has 1 aliphatic heterocycles. The standard InChI is InChI=1S/C14H21NO2/c1-3-16-13-6-4-5-11(9-13)14-12(10-15-2)7-8-17-14/h4-6,9,12,14-15H,3,7-8,10H2,1-2H3. The maximum Gasteiger partial charge on any atom is 0.119 e. The van der Waals surface area contributed by atoms with Crippen molar-refractivity contribution in [1.82, 2.24) is 5.32 Å². The SMILES string of the molecule is CCOc1cccc(C2OCCC2CNC)c1. The molecule has 2 unspecified atom stereocenters. The first-order valence-corrected chi connectivity index (χ1v) is 6.34. The van der Waals surface area contributed by atoms with E-state index in [0.29, 0.717) is 12.5 Å². The van der Waals surface area contributed by atoms with E-state index in [1.165, 1.54) is 5.56 Å². The lowest BCUT2D eigenvalue weighted by atomic mass is 9.95. The minimum Gasteiger partial charge on any atom is -0.494 e. The van der Waals surface area contributed by atoms with Gasteiger partial charge in [0.05, 0.1) is 12.7 Å². The third kappa shape index (κ3) is 2.99. The van der Waals surface area contributed by atoms with E-state index in [9.17, 15) is 0 Å². The molecule has 0 aromatic heterocycles. The Morgan fingerprint density at radius 3 is 3.12 bits per heavy atom. The highest BCUT2D eigenvalue weighted by atomic mass is 16.5. The van der Waals surface area contributed by atoms with E-state index < -0.39 is 0 Å². The molecule has 1 aliphatic rings. The monoisotopic (exact) mass is 235 g/mol. The van der Waals surface area contributed by atoms with Crippen LogP contribution in [0.25, 0.3) is 0 Å². The van der Waals surface area contributed by atoms with Crippen molar-refractivity contribution in [1.29, 1.82) is 0 Å². The van der Waals surface area contributed by atoms with E-state index in [1.807, 2.05) is 26.1 Å². The summed E-state index contributed by atoms with van der Waals surface area (Å²) in [7, 11) is 1.99. The van der Waals surface area contributed by atoms with Crippen molar-refractivity contribution in [3.05, 3.63) is 29.8 Å². The van der Waals surface area contributed by atoms with Gasteiger partial charge < -0.3 is 14.8 Å². The second kappa shape index (κ2) is 6.03. The van der Waals surface area contributed by atoms with Gasteiger partial charge in [-0.15, -0.1) is 0 Å². The Morgan fingerprint density at radius 1 is 1.47 bits per heavy atom. The van der Waals surface area contributed by atoms with Crippen molar-refractivity contribution >= 4 is 0 Å². The van der Waals surface area contributed by atoms with Crippen LogP contribution in [0, 0.1) is 5.92 Å². The van der Waals surface area contributed by atoms with Gasteiger partial charge in [0, 0.05) is 19.1 Å². The molecule has 0 spiro atoms. The summed E-state index contributed by atoms with van der Waals surface area (Å²) in [6.45, 7) is 4.57. The first kappa shape index (κ1) is 12.4. The molecule has 1 aromatic rings. The van der Waals surface area contributed by atoms with Crippen molar-refractivity contribution in [3.8, 4) is 5.75 Å². The van der Waals surface area contributed by atoms with Crippen LogP contribution < -0.4 is 10.1 Å². The molecule has 3 heteroatoms. The van der Waals surface area contributed by atoms with Gasteiger partial charge in [0.15, 0.2) is 0 Å². The molecule has 17 heavy (non-hydrogen) atoms. The van der Waals surface area contributed by atoms with E-state index in [0.717, 1.165) is 25.3 Å². The highest BCUT2D eigenvalue weighted by molar-refractivity contribution is 5.30. The van der Waals surface area contributed by atoms with Gasteiger partial charge in [-0.25, -0.2) is 0 Å². The summed E-state index contributed by atoms with van der Waals surface area (Å²) in [5.74, 6) is 1.50. The molecule has 0 radical (unpaired) electrons. The summed E-state index contributed by atoms with van der Waals surface area (Å²) in [5.41, 5.74) is 1.23. The zero-order valence-corrected chi connectivity index (χ0v) is 10.6. The second-order valence-corrected chi connectivity index (χ2v) is 4.40. The van der Waals surface area contributed by atoms with Gasteiger partial charge in [-0.1, -0.05) is 12.1 Å². The van der Waals surface area contributed by atoms with Crippen LogP contribution in [-0.4, -0.2) is 26.8 Å². The Morgan fingerprint density at radius 2 is 2.35 bits per heavy atom. The molecule has 0 amide bonds. The van der Waals surface area contributed by atoms with Crippen molar-refractivity contribution in [2.24, 2.45) is 5.92 Å². The Kier molecular flexibility index (Phi) is 4.40. The number of benzene rings is 1. The zero-order chi connectivity index (χ0) is 12.1. The fourth-order valence-electron chi connectivity index (χ4n) is 2.42. The third-order valence-corrected chi connectivity index (χ3v) is 3.18. The molecule has 94 valence electrons. The lowest BCUT2D eigenvalue weighted by Gasteiger charge is -2.19. The average Bonchev–Trinajstić information content (AvgIpc) is 2.79. The molecule has 1 fully saturated rings. The first-order chi connectivity index (χ1) is 8.35. The Balaban J connectivity index is 2.12. The minimum absolute atomic E-state index is 0.211. The number of hydrogen-bond donors (Lipinski definition) is 1. The van der Waals surface area contributed by atoms with E-state index in [1.54, 1.807) is 0 Å². The Hall–Kier alpha value is -1.06. The Bertz CT molecular complexity index is 354. The van der Waals surface area contributed by atoms with Gasteiger partial charge in [0.2, 0.25) is 0 Å². The maximum atomic E-state index is 5.84. The number of nitrogens with one attached hydrogen (secondary N) is 1. The first-order valence-electron chi connectivity index (χ1n) is 6.34. The molecule has 3 nitrogen and oxygen atoms in total. The summed E-state index contributed by atoms with van der Waals surface area (Å²) in [4.78, 5) is 0. The predicted octanol–water partition coefficient (Wildman–Crippen LogP) is 2.38. The Labute approximate surface area is 103 Å². The highest BCUT2D eigenvalue weighted by Crippen LogP contribution is 2.35. The van der Waals surface area contributed by atoms with E-state index >= 15 is 0 Å². The number of ether oxygens (including phenoxy) is 2. The van der Waals surface area contributed by atoms with Crippen LogP contribution >= 0.6 is 0 Å². The lowest BCUT2D eigenvalue weighted by Crippen LogP contribution is -2.21. The second-order valence-electron chi connectivity index (χ2n) is 4.40. The van der Waals surface area contributed by atoms with Gasteiger partial charge >= 0.3 is 0 Å².